The Labute approximate surface area is 204 Å². The topological polar surface area (TPSA) is 114 Å². The van der Waals surface area contributed by atoms with E-state index >= 15 is 0 Å². The second-order valence-corrected chi connectivity index (χ2v) is 9.86. The highest BCUT2D eigenvalue weighted by Gasteiger charge is 2.30. The van der Waals surface area contributed by atoms with Crippen molar-refractivity contribution in [3.63, 3.8) is 0 Å². The maximum atomic E-state index is 13.0. The molecule has 1 fully saturated rings. The molecule has 3 aromatic rings. The van der Waals surface area contributed by atoms with Crippen LogP contribution in [0.1, 0.15) is 22.8 Å². The molecule has 4 rings (SSSR count). The van der Waals surface area contributed by atoms with Crippen molar-refractivity contribution in [2.45, 2.75) is 18.4 Å². The number of hydrogen-bond donors (Lipinski definition) is 1. The lowest BCUT2D eigenvalue weighted by Gasteiger charge is -2.34. The number of hydrogen-bond acceptors (Lipinski definition) is 6. The molecule has 0 atom stereocenters. The van der Waals surface area contributed by atoms with E-state index in [0.29, 0.717) is 12.1 Å². The number of nitrogens with one attached hydrogen (secondary N) is 1. The zero-order valence-corrected chi connectivity index (χ0v) is 20.1. The number of rotatable bonds is 7. The lowest BCUT2D eigenvalue weighted by Crippen LogP contribution is -2.52. The first-order chi connectivity index (χ1) is 16.9. The van der Waals surface area contributed by atoms with Gasteiger partial charge < -0.3 is 15.0 Å². The molecule has 1 N–H and O–H groups in total. The minimum Gasteiger partial charge on any atom is -0.462 e. The summed E-state index contributed by atoms with van der Waals surface area (Å²) in [6.07, 6.45) is 3.55. The van der Waals surface area contributed by atoms with Gasteiger partial charge in [0, 0.05) is 44.5 Å². The monoisotopic (exact) mass is 497 g/mol. The summed E-state index contributed by atoms with van der Waals surface area (Å²) in [7, 11) is -3.73. The highest BCUT2D eigenvalue weighted by Crippen LogP contribution is 2.19. The number of amides is 2. The number of carbonyl (C=O) groups excluding carboxylic acids is 2. The molecule has 0 aliphatic carbocycles. The normalized spacial score (nSPS) is 14.5. The number of carbonyl (C=O) groups is 2. The van der Waals surface area contributed by atoms with Gasteiger partial charge in [0.25, 0.3) is 0 Å². The van der Waals surface area contributed by atoms with Crippen LogP contribution in [0, 0.1) is 0 Å². The van der Waals surface area contributed by atoms with Gasteiger partial charge in [0.15, 0.2) is 0 Å². The molecule has 0 radical (unpaired) electrons. The molecule has 1 saturated heterocycles. The molecule has 2 amide bonds. The summed E-state index contributed by atoms with van der Waals surface area (Å²) < 4.78 is 34.0. The van der Waals surface area contributed by atoms with Crippen LogP contribution in [-0.2, 0) is 21.3 Å². The molecular weight excluding hydrogens is 470 g/mol. The van der Waals surface area contributed by atoms with Crippen molar-refractivity contribution in [1.82, 2.24) is 24.3 Å². The molecule has 11 heteroatoms. The maximum absolute atomic E-state index is 13.0. The summed E-state index contributed by atoms with van der Waals surface area (Å²) >= 11 is 0. The largest absolute Gasteiger partial charge is 0.462 e. The Morgan fingerprint density at radius 2 is 1.69 bits per heavy atom. The summed E-state index contributed by atoms with van der Waals surface area (Å²) in [5, 5.41) is 7.19. The average Bonchev–Trinajstić information content (AvgIpc) is 3.37. The Morgan fingerprint density at radius 1 is 1.00 bits per heavy atom. The predicted octanol–water partition coefficient (Wildman–Crippen LogP) is 2.27. The highest BCUT2D eigenvalue weighted by molar-refractivity contribution is 7.89. The average molecular weight is 498 g/mol. The van der Waals surface area contributed by atoms with Crippen LogP contribution in [0.4, 0.5) is 4.79 Å². The number of para-hydroxylation sites is 1. The number of aromatic nitrogens is 2. The Morgan fingerprint density at radius 3 is 2.34 bits per heavy atom. The van der Waals surface area contributed by atoms with Crippen LogP contribution >= 0.6 is 0 Å². The third-order valence-corrected chi connectivity index (χ3v) is 7.54. The number of urea groups is 1. The Balaban J connectivity index is 1.29. The molecular formula is C24H27N5O5S. The van der Waals surface area contributed by atoms with Crippen molar-refractivity contribution < 1.29 is 22.7 Å². The smallest absolute Gasteiger partial charge is 0.338 e. The fourth-order valence-electron chi connectivity index (χ4n) is 3.72. The van der Waals surface area contributed by atoms with E-state index in [1.807, 2.05) is 36.5 Å². The van der Waals surface area contributed by atoms with Gasteiger partial charge in [-0.15, -0.1) is 0 Å². The first-order valence-corrected chi connectivity index (χ1v) is 12.7. The van der Waals surface area contributed by atoms with Crippen LogP contribution in [0.2, 0.25) is 0 Å². The molecule has 0 unspecified atom stereocenters. The standard InChI is InChI=1S/C24H27N5O5S/c1-2-34-23(30)20-8-10-22(11-9-20)35(32,33)28-14-12-27(13-15-28)24(31)25-16-19-17-26-29(18-19)21-6-4-3-5-7-21/h3-11,17-18H,2,12-16H2,1H3,(H,25,31). The number of piperazine rings is 1. The number of ether oxygens (including phenoxy) is 1. The van der Waals surface area contributed by atoms with E-state index in [2.05, 4.69) is 10.4 Å². The van der Waals surface area contributed by atoms with Crippen molar-refractivity contribution >= 4 is 22.0 Å². The van der Waals surface area contributed by atoms with Gasteiger partial charge in [-0.2, -0.15) is 9.40 Å². The van der Waals surface area contributed by atoms with E-state index in [0.717, 1.165) is 11.3 Å². The van der Waals surface area contributed by atoms with Crippen LogP contribution in [0.3, 0.4) is 0 Å². The Bertz CT molecular complexity index is 1270. The molecule has 10 nitrogen and oxygen atoms in total. The van der Waals surface area contributed by atoms with Gasteiger partial charge in [0.2, 0.25) is 10.0 Å². The number of esters is 1. The van der Waals surface area contributed by atoms with Gasteiger partial charge in [0.1, 0.15) is 0 Å². The lowest BCUT2D eigenvalue weighted by molar-refractivity contribution is 0.0526. The second kappa shape index (κ2) is 10.7. The third kappa shape index (κ3) is 5.69. The molecule has 0 saturated carbocycles. The van der Waals surface area contributed by atoms with E-state index in [4.69, 9.17) is 4.74 Å². The minimum atomic E-state index is -3.73. The van der Waals surface area contributed by atoms with Gasteiger partial charge in [-0.3, -0.25) is 0 Å². The summed E-state index contributed by atoms with van der Waals surface area (Å²) in [5.41, 5.74) is 2.08. The maximum Gasteiger partial charge on any atom is 0.338 e. The minimum absolute atomic E-state index is 0.0962. The van der Waals surface area contributed by atoms with Crippen LogP contribution in [0.25, 0.3) is 5.69 Å². The summed E-state index contributed by atoms with van der Waals surface area (Å²) in [6, 6.07) is 15.1. The van der Waals surface area contributed by atoms with Gasteiger partial charge >= 0.3 is 12.0 Å². The first kappa shape index (κ1) is 24.4. The zero-order valence-electron chi connectivity index (χ0n) is 19.3. The molecule has 0 bridgehead atoms. The number of nitrogens with zero attached hydrogens (tertiary/aromatic N) is 4. The highest BCUT2D eigenvalue weighted by atomic mass is 32.2. The van der Waals surface area contributed by atoms with E-state index in [-0.39, 0.29) is 43.7 Å². The fourth-order valence-corrected chi connectivity index (χ4v) is 5.14. The molecule has 184 valence electrons. The third-order valence-electron chi connectivity index (χ3n) is 5.63. The molecule has 2 aromatic carbocycles. The molecule has 1 aliphatic rings. The summed E-state index contributed by atoms with van der Waals surface area (Å²) in [6.45, 7) is 3.18. The Hall–Kier alpha value is -3.70. The molecule has 0 spiro atoms. The first-order valence-electron chi connectivity index (χ1n) is 11.3. The SMILES string of the molecule is CCOC(=O)c1ccc(S(=O)(=O)N2CCN(C(=O)NCc3cnn(-c4ccccc4)c3)CC2)cc1. The van der Waals surface area contributed by atoms with Crippen LogP contribution in [-0.4, -0.2) is 72.2 Å². The van der Waals surface area contributed by atoms with Crippen LogP contribution in [0.5, 0.6) is 0 Å². The van der Waals surface area contributed by atoms with Crippen LogP contribution < -0.4 is 5.32 Å². The summed E-state index contributed by atoms with van der Waals surface area (Å²) in [4.78, 5) is 26.1. The molecule has 1 aromatic heterocycles. The van der Waals surface area contributed by atoms with E-state index < -0.39 is 16.0 Å². The van der Waals surface area contributed by atoms with Crippen molar-refractivity contribution in [2.75, 3.05) is 32.8 Å². The van der Waals surface area contributed by atoms with Crippen molar-refractivity contribution in [3.05, 3.63) is 78.1 Å². The number of sulfonamides is 1. The van der Waals surface area contributed by atoms with E-state index in [1.54, 1.807) is 22.7 Å². The number of benzene rings is 2. The zero-order chi connectivity index (χ0) is 24.8. The second-order valence-electron chi connectivity index (χ2n) is 7.92. The van der Waals surface area contributed by atoms with E-state index in [1.165, 1.54) is 28.6 Å². The molecule has 35 heavy (non-hydrogen) atoms. The van der Waals surface area contributed by atoms with Crippen molar-refractivity contribution in [1.29, 1.82) is 0 Å². The van der Waals surface area contributed by atoms with Gasteiger partial charge in [-0.25, -0.2) is 22.7 Å². The van der Waals surface area contributed by atoms with Crippen LogP contribution in [0.15, 0.2) is 71.9 Å². The molecule has 2 heterocycles. The van der Waals surface area contributed by atoms with Crippen molar-refractivity contribution in [2.24, 2.45) is 0 Å². The Kier molecular flexibility index (Phi) is 7.47. The van der Waals surface area contributed by atoms with Gasteiger partial charge in [-0.05, 0) is 43.3 Å². The molecule has 1 aliphatic heterocycles. The quantitative estimate of drug-likeness (QED) is 0.501. The van der Waals surface area contributed by atoms with Crippen molar-refractivity contribution in [3.8, 4) is 5.69 Å². The summed E-state index contributed by atoms with van der Waals surface area (Å²) in [5.74, 6) is -0.497. The van der Waals surface area contributed by atoms with E-state index in [9.17, 15) is 18.0 Å². The lowest BCUT2D eigenvalue weighted by atomic mass is 10.2. The van der Waals surface area contributed by atoms with Gasteiger partial charge in [-0.1, -0.05) is 18.2 Å². The van der Waals surface area contributed by atoms with Gasteiger partial charge in [0.05, 0.1) is 29.0 Å². The predicted molar refractivity (Wildman–Crippen MR) is 129 cm³/mol. The fraction of sp³-hybridized carbons (Fsp3) is 0.292.